The van der Waals surface area contributed by atoms with Gasteiger partial charge in [0, 0.05) is 13.1 Å². The Morgan fingerprint density at radius 2 is 1.81 bits per heavy atom. The second-order valence-corrected chi connectivity index (χ2v) is 7.40. The predicted molar refractivity (Wildman–Crippen MR) is 79.5 cm³/mol. The zero-order valence-corrected chi connectivity index (χ0v) is 13.3. The van der Waals surface area contributed by atoms with Gasteiger partial charge in [-0.05, 0) is 52.4 Å². The van der Waals surface area contributed by atoms with E-state index in [1.54, 1.807) is 4.90 Å². The predicted octanol–water partition coefficient (Wildman–Crippen LogP) is 1.30. The van der Waals surface area contributed by atoms with Gasteiger partial charge < -0.3 is 19.3 Å². The maximum Gasteiger partial charge on any atom is 0.490 e. The van der Waals surface area contributed by atoms with E-state index in [0.717, 1.165) is 11.9 Å². The van der Waals surface area contributed by atoms with E-state index < -0.39 is 5.60 Å². The third kappa shape index (κ3) is 2.54. The van der Waals surface area contributed by atoms with Gasteiger partial charge in [-0.2, -0.15) is 0 Å². The van der Waals surface area contributed by atoms with Crippen molar-refractivity contribution in [3.8, 4) is 0 Å². The molecule has 2 aliphatic heterocycles. The molecular weight excluding hydrogens is 269 g/mol. The fourth-order valence-electron chi connectivity index (χ4n) is 2.70. The number of aliphatic hydroxyl groups is 1. The molecule has 1 saturated carbocycles. The Balaban J connectivity index is 1.65. The van der Waals surface area contributed by atoms with Crippen molar-refractivity contribution in [2.75, 3.05) is 13.1 Å². The number of hydrogen-bond acceptors (Lipinski definition) is 4. The number of carbonyl (C=O) groups excluding carboxylic acids is 1. The van der Waals surface area contributed by atoms with Crippen LogP contribution in [0.3, 0.4) is 0 Å². The first-order chi connectivity index (χ1) is 9.65. The Morgan fingerprint density at radius 1 is 1.24 bits per heavy atom. The topological polar surface area (TPSA) is 59.0 Å². The fraction of sp³-hybridized carbons (Fsp3) is 0.800. The van der Waals surface area contributed by atoms with Gasteiger partial charge in [0.05, 0.1) is 11.2 Å². The molecule has 0 bridgehead atoms. The SMILES string of the molecule is CC1(C)OB(C2=CCN(C(=O)C3(O)CC3)CC2)OC1(C)C. The van der Waals surface area contributed by atoms with Crippen molar-refractivity contribution in [2.24, 2.45) is 0 Å². The lowest BCUT2D eigenvalue weighted by molar-refractivity contribution is -0.142. The maximum atomic E-state index is 12.1. The Morgan fingerprint density at radius 3 is 2.24 bits per heavy atom. The first-order valence-corrected chi connectivity index (χ1v) is 7.71. The van der Waals surface area contributed by atoms with Crippen LogP contribution in [-0.4, -0.2) is 52.9 Å². The normalized spacial score (nSPS) is 29.3. The Kier molecular flexibility index (Phi) is 3.28. The van der Waals surface area contributed by atoms with Crippen LogP contribution >= 0.6 is 0 Å². The highest BCUT2D eigenvalue weighted by Crippen LogP contribution is 2.40. The number of rotatable bonds is 2. The van der Waals surface area contributed by atoms with Crippen LogP contribution in [0.1, 0.15) is 47.0 Å². The largest absolute Gasteiger partial charge is 0.490 e. The average Bonchev–Trinajstić information content (AvgIpc) is 3.11. The van der Waals surface area contributed by atoms with Gasteiger partial charge in [0.15, 0.2) is 0 Å². The summed E-state index contributed by atoms with van der Waals surface area (Å²) in [6.07, 6.45) is 3.93. The zero-order chi connectivity index (χ0) is 15.5. The van der Waals surface area contributed by atoms with Crippen molar-refractivity contribution in [3.05, 3.63) is 11.5 Å². The van der Waals surface area contributed by atoms with Crippen LogP contribution in [0, 0.1) is 0 Å². The molecule has 0 aromatic heterocycles. The van der Waals surface area contributed by atoms with Gasteiger partial charge in [-0.3, -0.25) is 4.79 Å². The van der Waals surface area contributed by atoms with E-state index >= 15 is 0 Å². The van der Waals surface area contributed by atoms with Gasteiger partial charge in [0.2, 0.25) is 0 Å². The molecule has 2 heterocycles. The molecule has 6 heteroatoms. The summed E-state index contributed by atoms with van der Waals surface area (Å²) in [6.45, 7) is 9.30. The highest BCUT2D eigenvalue weighted by atomic mass is 16.7. The molecule has 5 nitrogen and oxygen atoms in total. The highest BCUT2D eigenvalue weighted by molar-refractivity contribution is 6.54. The molecule has 1 amide bonds. The Bertz CT molecular complexity index is 480. The van der Waals surface area contributed by atoms with Gasteiger partial charge in [-0.1, -0.05) is 6.08 Å². The Hall–Kier alpha value is -0.845. The summed E-state index contributed by atoms with van der Waals surface area (Å²) in [5.74, 6) is -0.133. The van der Waals surface area contributed by atoms with Gasteiger partial charge in [-0.15, -0.1) is 0 Å². The van der Waals surface area contributed by atoms with E-state index in [0.29, 0.717) is 25.9 Å². The van der Waals surface area contributed by atoms with Gasteiger partial charge in [0.25, 0.3) is 5.91 Å². The Labute approximate surface area is 126 Å². The minimum absolute atomic E-state index is 0.133. The molecule has 1 aliphatic carbocycles. The van der Waals surface area contributed by atoms with E-state index in [1.807, 2.05) is 33.8 Å². The van der Waals surface area contributed by atoms with E-state index in [2.05, 4.69) is 0 Å². The number of carbonyl (C=O) groups is 1. The summed E-state index contributed by atoms with van der Waals surface area (Å²) in [6, 6.07) is 0. The molecule has 116 valence electrons. The molecule has 0 unspecified atom stereocenters. The van der Waals surface area contributed by atoms with Crippen molar-refractivity contribution in [1.29, 1.82) is 0 Å². The minimum Gasteiger partial charge on any atom is -0.400 e. The molecule has 0 radical (unpaired) electrons. The second kappa shape index (κ2) is 4.57. The lowest BCUT2D eigenvalue weighted by Crippen LogP contribution is -2.44. The van der Waals surface area contributed by atoms with Crippen LogP contribution < -0.4 is 0 Å². The summed E-state index contributed by atoms with van der Waals surface area (Å²) in [7, 11) is -0.323. The lowest BCUT2D eigenvalue weighted by atomic mass is 9.74. The van der Waals surface area contributed by atoms with Crippen molar-refractivity contribution in [2.45, 2.75) is 63.8 Å². The monoisotopic (exact) mass is 293 g/mol. The second-order valence-electron chi connectivity index (χ2n) is 7.40. The highest BCUT2D eigenvalue weighted by Gasteiger charge is 2.53. The number of hydrogen-bond donors (Lipinski definition) is 1. The number of amides is 1. The zero-order valence-electron chi connectivity index (χ0n) is 13.3. The molecule has 3 rings (SSSR count). The average molecular weight is 293 g/mol. The van der Waals surface area contributed by atoms with Crippen molar-refractivity contribution >= 4 is 13.0 Å². The molecule has 2 fully saturated rings. The third-order valence-electron chi connectivity index (χ3n) is 5.21. The molecule has 1 saturated heterocycles. The van der Waals surface area contributed by atoms with Gasteiger partial charge in [0.1, 0.15) is 5.60 Å². The van der Waals surface area contributed by atoms with E-state index in [9.17, 15) is 9.90 Å². The maximum absolute atomic E-state index is 12.1. The van der Waals surface area contributed by atoms with Gasteiger partial charge in [-0.25, -0.2) is 0 Å². The van der Waals surface area contributed by atoms with Crippen molar-refractivity contribution < 1.29 is 19.2 Å². The molecular formula is C15H24BNO4. The summed E-state index contributed by atoms with van der Waals surface area (Å²) >= 11 is 0. The molecule has 0 atom stereocenters. The van der Waals surface area contributed by atoms with E-state index in [-0.39, 0.29) is 24.2 Å². The molecule has 0 aromatic rings. The molecule has 0 spiro atoms. The quantitative estimate of drug-likeness (QED) is 0.780. The van der Waals surface area contributed by atoms with Crippen LogP contribution in [0.5, 0.6) is 0 Å². The summed E-state index contributed by atoms with van der Waals surface area (Å²) < 4.78 is 12.1. The van der Waals surface area contributed by atoms with Crippen molar-refractivity contribution in [3.63, 3.8) is 0 Å². The molecule has 0 aromatic carbocycles. The van der Waals surface area contributed by atoms with Crippen LogP contribution in [0.15, 0.2) is 11.5 Å². The molecule has 21 heavy (non-hydrogen) atoms. The van der Waals surface area contributed by atoms with Crippen LogP contribution in [0.2, 0.25) is 0 Å². The van der Waals surface area contributed by atoms with Crippen molar-refractivity contribution in [1.82, 2.24) is 4.90 Å². The summed E-state index contributed by atoms with van der Waals surface area (Å²) in [5.41, 5.74) is -0.653. The van der Waals surface area contributed by atoms with Crippen LogP contribution in [0.4, 0.5) is 0 Å². The summed E-state index contributed by atoms with van der Waals surface area (Å²) in [4.78, 5) is 13.8. The fourth-order valence-corrected chi connectivity index (χ4v) is 2.70. The van der Waals surface area contributed by atoms with Crippen LogP contribution in [-0.2, 0) is 14.1 Å². The van der Waals surface area contributed by atoms with E-state index in [1.165, 1.54) is 0 Å². The van der Waals surface area contributed by atoms with Crippen LogP contribution in [0.25, 0.3) is 0 Å². The van der Waals surface area contributed by atoms with E-state index in [4.69, 9.17) is 9.31 Å². The number of nitrogens with zero attached hydrogens (tertiary/aromatic N) is 1. The first kappa shape index (κ1) is 15.1. The smallest absolute Gasteiger partial charge is 0.400 e. The molecule has 3 aliphatic rings. The summed E-state index contributed by atoms with van der Waals surface area (Å²) in [5, 5.41) is 9.90. The first-order valence-electron chi connectivity index (χ1n) is 7.71. The minimum atomic E-state index is -1.07. The standard InChI is InChI=1S/C15H24BNO4/c1-13(2)14(3,4)21-16(20-13)11-5-9-17(10-6-11)12(18)15(19)7-8-15/h5,19H,6-10H2,1-4H3. The lowest BCUT2D eigenvalue weighted by Gasteiger charge is -2.32. The molecule has 1 N–H and O–H groups in total. The third-order valence-corrected chi connectivity index (χ3v) is 5.21. The van der Waals surface area contributed by atoms with Gasteiger partial charge >= 0.3 is 7.12 Å².